The third kappa shape index (κ3) is 2.54. The third-order valence-corrected chi connectivity index (χ3v) is 5.68. The van der Waals surface area contributed by atoms with Crippen molar-refractivity contribution < 1.29 is 8.42 Å². The maximum atomic E-state index is 12.7. The number of likely N-dealkylation sites (N-methyl/N-ethyl adjacent to an activating group) is 1. The lowest BCUT2D eigenvalue weighted by Gasteiger charge is -2.41. The van der Waals surface area contributed by atoms with E-state index >= 15 is 0 Å². The normalized spacial score (nSPS) is 25.3. The van der Waals surface area contributed by atoms with Crippen molar-refractivity contribution in [3.8, 4) is 6.07 Å². The molecule has 0 aliphatic carbocycles. The van der Waals surface area contributed by atoms with Gasteiger partial charge in [-0.1, -0.05) is 0 Å². The standard InChI is InChI=1S/C13H18N4O2S/c1-10-8-17(9-11(2)16(10)3)20(18,19)13-5-4-6-15-12(13)7-14/h4-6,10-11H,8-9H2,1-3H3. The van der Waals surface area contributed by atoms with E-state index in [1.165, 1.54) is 22.6 Å². The second-order valence-corrected chi connectivity index (χ2v) is 7.05. The molecule has 0 bridgehead atoms. The Labute approximate surface area is 119 Å². The topological polar surface area (TPSA) is 77.3 Å². The smallest absolute Gasteiger partial charge is 0.246 e. The predicted molar refractivity (Wildman–Crippen MR) is 74.4 cm³/mol. The molecule has 2 heterocycles. The Balaban J connectivity index is 2.39. The molecule has 0 N–H and O–H groups in total. The van der Waals surface area contributed by atoms with Gasteiger partial charge in [0.15, 0.2) is 5.69 Å². The first-order valence-corrected chi connectivity index (χ1v) is 7.89. The maximum absolute atomic E-state index is 12.7. The minimum absolute atomic E-state index is 0.00791. The van der Waals surface area contributed by atoms with E-state index in [2.05, 4.69) is 9.88 Å². The number of hydrogen-bond acceptors (Lipinski definition) is 5. The fraction of sp³-hybridized carbons (Fsp3) is 0.538. The van der Waals surface area contributed by atoms with E-state index in [1.54, 1.807) is 0 Å². The Morgan fingerprint density at radius 2 is 1.95 bits per heavy atom. The molecule has 1 aliphatic heterocycles. The fourth-order valence-electron chi connectivity index (χ4n) is 2.37. The molecule has 1 fully saturated rings. The van der Waals surface area contributed by atoms with Gasteiger partial charge in [-0.05, 0) is 33.0 Å². The molecule has 108 valence electrons. The molecule has 6 nitrogen and oxygen atoms in total. The van der Waals surface area contributed by atoms with Crippen LogP contribution in [0.25, 0.3) is 0 Å². The van der Waals surface area contributed by atoms with E-state index in [9.17, 15) is 8.42 Å². The van der Waals surface area contributed by atoms with Gasteiger partial charge in [0, 0.05) is 31.4 Å². The van der Waals surface area contributed by atoms with Crippen molar-refractivity contribution in [2.45, 2.75) is 30.8 Å². The lowest BCUT2D eigenvalue weighted by Crippen LogP contribution is -2.56. The number of aromatic nitrogens is 1. The van der Waals surface area contributed by atoms with Crippen molar-refractivity contribution in [3.05, 3.63) is 24.0 Å². The van der Waals surface area contributed by atoms with E-state index in [-0.39, 0.29) is 22.7 Å². The molecule has 0 amide bonds. The highest BCUT2D eigenvalue weighted by Gasteiger charge is 2.35. The molecule has 0 radical (unpaired) electrons. The van der Waals surface area contributed by atoms with Crippen LogP contribution in [0.15, 0.2) is 23.2 Å². The average Bonchev–Trinajstić information content (AvgIpc) is 2.44. The van der Waals surface area contributed by atoms with E-state index < -0.39 is 10.0 Å². The molecule has 2 atom stereocenters. The minimum atomic E-state index is -3.67. The van der Waals surface area contributed by atoms with E-state index in [0.29, 0.717) is 13.1 Å². The minimum Gasteiger partial charge on any atom is -0.298 e. The molecule has 0 aromatic carbocycles. The van der Waals surface area contributed by atoms with Crippen molar-refractivity contribution in [1.29, 1.82) is 5.26 Å². The first-order valence-electron chi connectivity index (χ1n) is 6.45. The molecule has 2 rings (SSSR count). The molecule has 1 aromatic rings. The Kier molecular flexibility index (Phi) is 4.09. The number of nitriles is 1. The highest BCUT2D eigenvalue weighted by atomic mass is 32.2. The van der Waals surface area contributed by atoms with Gasteiger partial charge in [0.25, 0.3) is 0 Å². The summed E-state index contributed by atoms with van der Waals surface area (Å²) in [7, 11) is -1.68. The van der Waals surface area contributed by atoms with Gasteiger partial charge in [0.1, 0.15) is 11.0 Å². The highest BCUT2D eigenvalue weighted by Crippen LogP contribution is 2.23. The Hall–Kier alpha value is -1.49. The van der Waals surface area contributed by atoms with Crippen molar-refractivity contribution in [2.24, 2.45) is 0 Å². The molecule has 1 aliphatic rings. The average molecular weight is 294 g/mol. The molecular formula is C13H18N4O2S. The largest absolute Gasteiger partial charge is 0.298 e. The van der Waals surface area contributed by atoms with Crippen molar-refractivity contribution in [2.75, 3.05) is 20.1 Å². The monoisotopic (exact) mass is 294 g/mol. The number of rotatable bonds is 2. The SMILES string of the molecule is CC1CN(S(=O)(=O)c2cccnc2C#N)CC(C)N1C. The zero-order valence-electron chi connectivity index (χ0n) is 11.8. The van der Waals surface area contributed by atoms with Gasteiger partial charge in [0.2, 0.25) is 10.0 Å². The van der Waals surface area contributed by atoms with Crippen molar-refractivity contribution in [1.82, 2.24) is 14.2 Å². The first-order chi connectivity index (χ1) is 9.37. The van der Waals surface area contributed by atoms with Crippen LogP contribution in [-0.2, 0) is 10.0 Å². The van der Waals surface area contributed by atoms with Crippen molar-refractivity contribution in [3.63, 3.8) is 0 Å². The summed E-state index contributed by atoms with van der Waals surface area (Å²) in [5.74, 6) is 0. The second kappa shape index (κ2) is 5.48. The van der Waals surface area contributed by atoms with Crippen LogP contribution >= 0.6 is 0 Å². The zero-order valence-corrected chi connectivity index (χ0v) is 12.6. The second-order valence-electron chi connectivity index (χ2n) is 5.15. The molecule has 0 saturated carbocycles. The first kappa shape index (κ1) is 14.9. The van der Waals surface area contributed by atoms with Crippen LogP contribution in [0, 0.1) is 11.3 Å². The van der Waals surface area contributed by atoms with Gasteiger partial charge < -0.3 is 0 Å². The molecular weight excluding hydrogens is 276 g/mol. The fourth-order valence-corrected chi connectivity index (χ4v) is 4.07. The molecule has 1 aromatic heterocycles. The van der Waals surface area contributed by atoms with Gasteiger partial charge in [-0.2, -0.15) is 9.57 Å². The molecule has 7 heteroatoms. The predicted octanol–water partition coefficient (Wildman–Crippen LogP) is 0.666. The van der Waals surface area contributed by atoms with E-state index in [0.717, 1.165) is 0 Å². The van der Waals surface area contributed by atoms with Gasteiger partial charge in [0.05, 0.1) is 0 Å². The number of piperazine rings is 1. The van der Waals surface area contributed by atoms with Gasteiger partial charge in [-0.3, -0.25) is 4.90 Å². The summed E-state index contributed by atoms with van der Waals surface area (Å²) in [6.45, 7) is 4.82. The lowest BCUT2D eigenvalue weighted by molar-refractivity contribution is 0.105. The van der Waals surface area contributed by atoms with Crippen LogP contribution in [0.2, 0.25) is 0 Å². The van der Waals surface area contributed by atoms with Crippen LogP contribution < -0.4 is 0 Å². The van der Waals surface area contributed by atoms with Gasteiger partial charge in [-0.25, -0.2) is 13.4 Å². The summed E-state index contributed by atoms with van der Waals surface area (Å²) in [6, 6.07) is 5.09. The maximum Gasteiger partial charge on any atom is 0.246 e. The van der Waals surface area contributed by atoms with Crippen LogP contribution in [0.5, 0.6) is 0 Å². The zero-order chi connectivity index (χ0) is 14.9. The third-order valence-electron chi connectivity index (χ3n) is 3.82. The van der Waals surface area contributed by atoms with Crippen LogP contribution in [0.3, 0.4) is 0 Å². The summed E-state index contributed by atoms with van der Waals surface area (Å²) >= 11 is 0. The van der Waals surface area contributed by atoms with Crippen molar-refractivity contribution >= 4 is 10.0 Å². The summed E-state index contributed by atoms with van der Waals surface area (Å²) in [6.07, 6.45) is 1.42. The Morgan fingerprint density at radius 1 is 1.35 bits per heavy atom. The lowest BCUT2D eigenvalue weighted by atomic mass is 10.1. The summed E-state index contributed by atoms with van der Waals surface area (Å²) in [4.78, 5) is 5.98. The molecule has 20 heavy (non-hydrogen) atoms. The summed E-state index contributed by atoms with van der Waals surface area (Å²) in [5.41, 5.74) is -0.0493. The van der Waals surface area contributed by atoms with Crippen LogP contribution in [0.4, 0.5) is 0 Å². The summed E-state index contributed by atoms with van der Waals surface area (Å²) < 4.78 is 26.8. The van der Waals surface area contributed by atoms with Gasteiger partial charge in [-0.15, -0.1) is 0 Å². The van der Waals surface area contributed by atoms with E-state index in [1.807, 2.05) is 27.0 Å². The highest BCUT2D eigenvalue weighted by molar-refractivity contribution is 7.89. The van der Waals surface area contributed by atoms with Gasteiger partial charge >= 0.3 is 0 Å². The number of nitrogens with zero attached hydrogens (tertiary/aromatic N) is 4. The van der Waals surface area contributed by atoms with Crippen LogP contribution in [0.1, 0.15) is 19.5 Å². The molecule has 0 spiro atoms. The van der Waals surface area contributed by atoms with E-state index in [4.69, 9.17) is 5.26 Å². The van der Waals surface area contributed by atoms with Crippen LogP contribution in [-0.4, -0.2) is 54.8 Å². The summed E-state index contributed by atoms with van der Waals surface area (Å²) in [5, 5.41) is 9.02. The Morgan fingerprint density at radius 3 is 2.50 bits per heavy atom. The number of sulfonamides is 1. The Bertz CT molecular complexity index is 626. The quantitative estimate of drug-likeness (QED) is 0.801. The number of hydrogen-bond donors (Lipinski definition) is 0. The molecule has 2 unspecified atom stereocenters. The number of pyridine rings is 1. The molecule has 1 saturated heterocycles.